The summed E-state index contributed by atoms with van der Waals surface area (Å²) in [7, 11) is 0. The van der Waals surface area contributed by atoms with Crippen LogP contribution in [0, 0.1) is 0 Å². The van der Waals surface area contributed by atoms with Gasteiger partial charge >= 0.3 is 5.97 Å². The van der Waals surface area contributed by atoms with Crippen LogP contribution in [-0.2, 0) is 4.74 Å². The van der Waals surface area contributed by atoms with E-state index in [1.54, 1.807) is 12.1 Å². The summed E-state index contributed by atoms with van der Waals surface area (Å²) < 4.78 is 6.70. The fourth-order valence-electron chi connectivity index (χ4n) is 2.21. The average Bonchev–Trinajstić information content (AvgIpc) is 2.83. The molecule has 2 aromatic heterocycles. The molecule has 0 spiro atoms. The van der Waals surface area contributed by atoms with Gasteiger partial charge < -0.3 is 9.84 Å². The first kappa shape index (κ1) is 11.2. The maximum Gasteiger partial charge on any atom is 0.354 e. The summed E-state index contributed by atoms with van der Waals surface area (Å²) in [4.78, 5) is 15.5. The highest BCUT2D eigenvalue weighted by Gasteiger charge is 2.21. The van der Waals surface area contributed by atoms with Crippen molar-refractivity contribution < 1.29 is 14.6 Å². The summed E-state index contributed by atoms with van der Waals surface area (Å²) >= 11 is 0. The highest BCUT2D eigenvalue weighted by atomic mass is 16.5. The Kier molecular flexibility index (Phi) is 2.71. The van der Waals surface area contributed by atoms with E-state index in [4.69, 9.17) is 9.84 Å². The zero-order valence-electron chi connectivity index (χ0n) is 9.74. The van der Waals surface area contributed by atoms with Gasteiger partial charge in [-0.1, -0.05) is 6.07 Å². The van der Waals surface area contributed by atoms with Crippen LogP contribution < -0.4 is 0 Å². The van der Waals surface area contributed by atoms with E-state index in [2.05, 4.69) is 10.1 Å². The summed E-state index contributed by atoms with van der Waals surface area (Å²) in [5, 5.41) is 13.4. The van der Waals surface area contributed by atoms with Gasteiger partial charge in [0.05, 0.1) is 0 Å². The number of fused-ring (bicyclic) bond motifs is 1. The van der Waals surface area contributed by atoms with Gasteiger partial charge in [-0.3, -0.25) is 0 Å². The van der Waals surface area contributed by atoms with E-state index in [1.807, 2.05) is 0 Å². The first-order valence-electron chi connectivity index (χ1n) is 5.92. The van der Waals surface area contributed by atoms with Crippen LogP contribution in [0.3, 0.4) is 0 Å². The SMILES string of the molecule is O=C(O)c1cccc2nc(C3CCOCC3)nn12. The van der Waals surface area contributed by atoms with E-state index in [0.717, 1.165) is 12.8 Å². The Labute approximate surface area is 103 Å². The molecular weight excluding hydrogens is 234 g/mol. The van der Waals surface area contributed by atoms with Gasteiger partial charge in [-0.2, -0.15) is 5.10 Å². The molecule has 0 saturated carbocycles. The zero-order valence-corrected chi connectivity index (χ0v) is 9.74. The Balaban J connectivity index is 2.04. The molecule has 0 atom stereocenters. The van der Waals surface area contributed by atoms with Gasteiger partial charge in [-0.05, 0) is 25.0 Å². The second-order valence-electron chi connectivity index (χ2n) is 4.34. The van der Waals surface area contributed by atoms with Gasteiger partial charge in [-0.25, -0.2) is 14.3 Å². The number of hydrogen-bond acceptors (Lipinski definition) is 4. The zero-order chi connectivity index (χ0) is 12.5. The van der Waals surface area contributed by atoms with Crippen LogP contribution in [0.25, 0.3) is 5.65 Å². The van der Waals surface area contributed by atoms with Gasteiger partial charge in [0.2, 0.25) is 0 Å². The van der Waals surface area contributed by atoms with Crippen molar-refractivity contribution in [1.82, 2.24) is 14.6 Å². The third-order valence-corrected chi connectivity index (χ3v) is 3.18. The number of carboxylic acids is 1. The first-order chi connectivity index (χ1) is 8.75. The molecule has 1 N–H and O–H groups in total. The number of pyridine rings is 1. The smallest absolute Gasteiger partial charge is 0.354 e. The van der Waals surface area contributed by atoms with Crippen molar-refractivity contribution in [3.05, 3.63) is 29.7 Å². The number of aromatic nitrogens is 3. The van der Waals surface area contributed by atoms with Crippen LogP contribution >= 0.6 is 0 Å². The standard InChI is InChI=1S/C12H13N3O3/c16-12(17)9-2-1-3-10-13-11(14-15(9)10)8-4-6-18-7-5-8/h1-3,8H,4-7H2,(H,16,17). The van der Waals surface area contributed by atoms with E-state index in [0.29, 0.717) is 24.7 Å². The monoisotopic (exact) mass is 247 g/mol. The number of carbonyl (C=O) groups is 1. The number of rotatable bonds is 2. The molecule has 6 nitrogen and oxygen atoms in total. The largest absolute Gasteiger partial charge is 0.477 e. The molecule has 0 unspecified atom stereocenters. The van der Waals surface area contributed by atoms with Gasteiger partial charge in [0.1, 0.15) is 0 Å². The van der Waals surface area contributed by atoms with E-state index in [1.165, 1.54) is 10.6 Å². The second-order valence-corrected chi connectivity index (χ2v) is 4.34. The predicted octanol–water partition coefficient (Wildman–Crippen LogP) is 1.32. The lowest BCUT2D eigenvalue weighted by molar-refractivity contribution is 0.0686. The van der Waals surface area contributed by atoms with Crippen LogP contribution in [0.2, 0.25) is 0 Å². The Morgan fingerprint density at radius 3 is 2.89 bits per heavy atom. The van der Waals surface area contributed by atoms with Crippen molar-refractivity contribution in [1.29, 1.82) is 0 Å². The molecule has 0 radical (unpaired) electrons. The molecule has 3 rings (SSSR count). The Morgan fingerprint density at radius 2 is 2.17 bits per heavy atom. The molecule has 3 heterocycles. The maximum absolute atomic E-state index is 11.1. The first-order valence-corrected chi connectivity index (χ1v) is 5.92. The lowest BCUT2D eigenvalue weighted by atomic mass is 10.00. The Hall–Kier alpha value is -1.95. The molecule has 1 saturated heterocycles. The fraction of sp³-hybridized carbons (Fsp3) is 0.417. The highest BCUT2D eigenvalue weighted by molar-refractivity contribution is 5.86. The quantitative estimate of drug-likeness (QED) is 0.866. The molecular formula is C12H13N3O3. The van der Waals surface area contributed by atoms with Crippen LogP contribution in [0.1, 0.15) is 35.1 Å². The molecule has 6 heteroatoms. The van der Waals surface area contributed by atoms with Crippen molar-refractivity contribution in [3.8, 4) is 0 Å². The molecule has 2 aromatic rings. The van der Waals surface area contributed by atoms with Crippen molar-refractivity contribution in [2.24, 2.45) is 0 Å². The lowest BCUT2D eigenvalue weighted by Gasteiger charge is -2.18. The van der Waals surface area contributed by atoms with Gasteiger partial charge in [0.15, 0.2) is 17.2 Å². The molecule has 0 bridgehead atoms. The molecule has 1 aliphatic heterocycles. The van der Waals surface area contributed by atoms with Crippen LogP contribution in [0.5, 0.6) is 0 Å². The third-order valence-electron chi connectivity index (χ3n) is 3.18. The predicted molar refractivity (Wildman–Crippen MR) is 62.7 cm³/mol. The van der Waals surface area contributed by atoms with E-state index in [-0.39, 0.29) is 11.6 Å². The minimum atomic E-state index is -0.996. The highest BCUT2D eigenvalue weighted by Crippen LogP contribution is 2.24. The lowest BCUT2D eigenvalue weighted by Crippen LogP contribution is -2.15. The number of ether oxygens (including phenoxy) is 1. The van der Waals surface area contributed by atoms with Gasteiger partial charge in [0.25, 0.3) is 0 Å². The summed E-state index contributed by atoms with van der Waals surface area (Å²) in [6, 6.07) is 4.97. The van der Waals surface area contributed by atoms with Gasteiger partial charge in [0, 0.05) is 19.1 Å². The van der Waals surface area contributed by atoms with Crippen LogP contribution in [0.15, 0.2) is 18.2 Å². The van der Waals surface area contributed by atoms with E-state index >= 15 is 0 Å². The Bertz CT molecular complexity index is 587. The maximum atomic E-state index is 11.1. The summed E-state index contributed by atoms with van der Waals surface area (Å²) in [5.74, 6) is -0.0173. The van der Waals surface area contributed by atoms with Crippen molar-refractivity contribution >= 4 is 11.6 Å². The summed E-state index contributed by atoms with van der Waals surface area (Å²) in [5.41, 5.74) is 0.717. The molecule has 1 aliphatic rings. The topological polar surface area (TPSA) is 76.7 Å². The number of hydrogen-bond donors (Lipinski definition) is 1. The van der Waals surface area contributed by atoms with E-state index < -0.39 is 5.97 Å². The molecule has 0 aromatic carbocycles. The second kappa shape index (κ2) is 4.38. The molecule has 94 valence electrons. The number of aromatic carboxylic acids is 1. The minimum Gasteiger partial charge on any atom is -0.477 e. The van der Waals surface area contributed by atoms with Gasteiger partial charge in [-0.15, -0.1) is 0 Å². The third kappa shape index (κ3) is 1.84. The fourth-order valence-corrected chi connectivity index (χ4v) is 2.21. The molecule has 0 aliphatic carbocycles. The number of carboxylic acid groups (broad SMARTS) is 1. The average molecular weight is 247 g/mol. The molecule has 0 amide bonds. The van der Waals surface area contributed by atoms with Crippen LogP contribution in [-0.4, -0.2) is 38.9 Å². The molecule has 18 heavy (non-hydrogen) atoms. The summed E-state index contributed by atoms with van der Waals surface area (Å²) in [6.07, 6.45) is 1.78. The van der Waals surface area contributed by atoms with Crippen molar-refractivity contribution in [2.45, 2.75) is 18.8 Å². The number of nitrogens with zero attached hydrogens (tertiary/aromatic N) is 3. The van der Waals surface area contributed by atoms with Crippen molar-refractivity contribution in [2.75, 3.05) is 13.2 Å². The normalized spacial score (nSPS) is 17.1. The van der Waals surface area contributed by atoms with Crippen molar-refractivity contribution in [3.63, 3.8) is 0 Å². The van der Waals surface area contributed by atoms with E-state index in [9.17, 15) is 4.79 Å². The Morgan fingerprint density at radius 1 is 1.39 bits per heavy atom. The summed E-state index contributed by atoms with van der Waals surface area (Å²) in [6.45, 7) is 1.43. The molecule has 1 fully saturated rings. The van der Waals surface area contributed by atoms with Crippen LogP contribution in [0.4, 0.5) is 0 Å². The minimum absolute atomic E-state index is 0.137.